The number of hydrogen-bond acceptors (Lipinski definition) is 6. The molecule has 2 aliphatic heterocycles. The van der Waals surface area contributed by atoms with Gasteiger partial charge in [0.15, 0.2) is 0 Å². The van der Waals surface area contributed by atoms with E-state index in [9.17, 15) is 41.5 Å². The molecule has 1 spiro atoms. The van der Waals surface area contributed by atoms with Gasteiger partial charge >= 0.3 is 18.3 Å². The van der Waals surface area contributed by atoms with Crippen molar-refractivity contribution < 1.29 is 46.3 Å². The Morgan fingerprint density at radius 2 is 1.83 bits per heavy atom. The number of aliphatic imine (C=N–C) groups is 1. The molecule has 2 N–H and O–H groups in total. The first-order chi connectivity index (χ1) is 19.3. The number of alkyl carbamates (subject to hydrolysis) is 1. The molecule has 0 radical (unpaired) electrons. The fraction of sp³-hybridized carbons (Fsp3) is 0.333. The molecular formula is C27H22F4N4O6. The van der Waals surface area contributed by atoms with Crippen LogP contribution in [-0.4, -0.2) is 53.2 Å². The number of benzene rings is 2. The van der Waals surface area contributed by atoms with Crippen LogP contribution in [-0.2, 0) is 31.3 Å². The standard InChI is InChI=1S/C27H22F4N4O6/c1-13(27(29,30)31)35(12-14-2-5-17(28)6-3-14)21(36)9-16-10-26(23(38)34-25(40)41-26)20-7-4-15(8-18(16)20)19-11-32-24(39)33-22(19)37/h2-8,11,13,16,19H,9-10,12H2,1H3,(H,33,37,39)(H,34,38,40)/t13-,16?,19?,26+/m0/s1. The molecule has 41 heavy (non-hydrogen) atoms. The quantitative estimate of drug-likeness (QED) is 0.507. The minimum absolute atomic E-state index is 0.223. The van der Waals surface area contributed by atoms with Crippen LogP contribution in [0.5, 0.6) is 0 Å². The van der Waals surface area contributed by atoms with E-state index >= 15 is 0 Å². The van der Waals surface area contributed by atoms with Crippen molar-refractivity contribution in [3.05, 3.63) is 70.5 Å². The Labute approximate surface area is 229 Å². The van der Waals surface area contributed by atoms with E-state index in [1.54, 1.807) is 0 Å². The molecule has 1 fully saturated rings. The summed E-state index contributed by atoms with van der Waals surface area (Å²) in [6.07, 6.45) is -5.40. The number of carbonyl (C=O) groups is 5. The number of amides is 6. The van der Waals surface area contributed by atoms with Crippen LogP contribution in [0.2, 0.25) is 0 Å². The summed E-state index contributed by atoms with van der Waals surface area (Å²) in [5.41, 5.74) is -0.668. The predicted octanol–water partition coefficient (Wildman–Crippen LogP) is 3.55. The number of fused-ring (bicyclic) bond motifs is 2. The zero-order valence-electron chi connectivity index (χ0n) is 21.3. The van der Waals surface area contributed by atoms with Crippen molar-refractivity contribution in [3.8, 4) is 0 Å². The lowest BCUT2D eigenvalue weighted by atomic mass is 9.90. The number of carbonyl (C=O) groups excluding carboxylic acids is 5. The first kappa shape index (κ1) is 27.9. The number of ether oxygens (including phenoxy) is 1. The number of imide groups is 2. The van der Waals surface area contributed by atoms with Crippen molar-refractivity contribution in [2.45, 2.75) is 56.0 Å². The van der Waals surface area contributed by atoms with Gasteiger partial charge in [0.2, 0.25) is 17.4 Å². The second-order valence-corrected chi connectivity index (χ2v) is 10.0. The summed E-state index contributed by atoms with van der Waals surface area (Å²) in [7, 11) is 0. The molecule has 1 aliphatic carbocycles. The summed E-state index contributed by atoms with van der Waals surface area (Å²) < 4.78 is 60.1. The highest BCUT2D eigenvalue weighted by molar-refractivity contribution is 6.12. The Hall–Kier alpha value is -4.62. The molecule has 0 aromatic heterocycles. The van der Waals surface area contributed by atoms with Crippen molar-refractivity contribution in [1.82, 2.24) is 15.5 Å². The van der Waals surface area contributed by atoms with Gasteiger partial charge in [-0.05, 0) is 41.7 Å². The van der Waals surface area contributed by atoms with Gasteiger partial charge in [-0.3, -0.25) is 25.0 Å². The zero-order valence-corrected chi connectivity index (χ0v) is 21.3. The summed E-state index contributed by atoms with van der Waals surface area (Å²) in [4.78, 5) is 66.4. The number of urea groups is 1. The van der Waals surface area contributed by atoms with Gasteiger partial charge in [0.05, 0.1) is 5.92 Å². The lowest BCUT2D eigenvalue weighted by Gasteiger charge is -2.32. The third-order valence-electron chi connectivity index (χ3n) is 7.50. The Kier molecular flexibility index (Phi) is 6.87. The second kappa shape index (κ2) is 10.1. The summed E-state index contributed by atoms with van der Waals surface area (Å²) in [6, 6.07) is 6.05. The van der Waals surface area contributed by atoms with Gasteiger partial charge in [-0.1, -0.05) is 30.3 Å². The number of rotatable bonds is 6. The highest BCUT2D eigenvalue weighted by Crippen LogP contribution is 2.51. The van der Waals surface area contributed by atoms with Gasteiger partial charge in [-0.2, -0.15) is 13.2 Å². The molecular weight excluding hydrogens is 552 g/mol. The van der Waals surface area contributed by atoms with E-state index in [1.165, 1.54) is 30.3 Å². The fourth-order valence-electron chi connectivity index (χ4n) is 5.36. The first-order valence-electron chi connectivity index (χ1n) is 12.5. The largest absolute Gasteiger partial charge is 0.427 e. The number of halogens is 4. The molecule has 5 rings (SSSR count). The molecule has 214 valence electrons. The van der Waals surface area contributed by atoms with Crippen LogP contribution in [0, 0.1) is 5.82 Å². The molecule has 0 saturated carbocycles. The Balaban J connectivity index is 1.51. The summed E-state index contributed by atoms with van der Waals surface area (Å²) >= 11 is 0. The molecule has 2 aromatic rings. The summed E-state index contributed by atoms with van der Waals surface area (Å²) in [5, 5.41) is 4.12. The lowest BCUT2D eigenvalue weighted by molar-refractivity contribution is -0.187. The summed E-state index contributed by atoms with van der Waals surface area (Å²) in [5.74, 6) is -4.85. The Bertz CT molecular complexity index is 1490. The van der Waals surface area contributed by atoms with Crippen LogP contribution in [0.25, 0.3) is 0 Å². The highest BCUT2D eigenvalue weighted by Gasteiger charge is 2.57. The van der Waals surface area contributed by atoms with Crippen LogP contribution in [0.3, 0.4) is 0 Å². The minimum atomic E-state index is -4.77. The molecule has 3 aliphatic rings. The number of hydrogen-bond donors (Lipinski definition) is 2. The van der Waals surface area contributed by atoms with Gasteiger partial charge in [-0.25, -0.2) is 19.0 Å². The molecule has 10 nitrogen and oxygen atoms in total. The van der Waals surface area contributed by atoms with E-state index in [0.717, 1.165) is 25.3 Å². The van der Waals surface area contributed by atoms with Gasteiger partial charge in [0.1, 0.15) is 11.9 Å². The molecule has 2 heterocycles. The number of alkyl halides is 3. The maximum atomic E-state index is 13.8. The average Bonchev–Trinajstić information content (AvgIpc) is 3.36. The van der Waals surface area contributed by atoms with Gasteiger partial charge in [0, 0.05) is 31.2 Å². The number of nitrogens with zero attached hydrogens (tertiary/aromatic N) is 2. The molecule has 0 bridgehead atoms. The third kappa shape index (κ3) is 5.16. The van der Waals surface area contributed by atoms with Crippen LogP contribution < -0.4 is 10.6 Å². The first-order valence-corrected chi connectivity index (χ1v) is 12.5. The fourth-order valence-corrected chi connectivity index (χ4v) is 5.36. The van der Waals surface area contributed by atoms with E-state index in [-0.39, 0.29) is 17.5 Å². The summed E-state index contributed by atoms with van der Waals surface area (Å²) in [6.45, 7) is 0.366. The van der Waals surface area contributed by atoms with E-state index < -0.39 is 78.3 Å². The topological polar surface area (TPSA) is 134 Å². The lowest BCUT2D eigenvalue weighted by Crippen LogP contribution is -2.46. The molecule has 1 saturated heterocycles. The van der Waals surface area contributed by atoms with E-state index in [4.69, 9.17) is 4.74 Å². The third-order valence-corrected chi connectivity index (χ3v) is 7.50. The van der Waals surface area contributed by atoms with Crippen molar-refractivity contribution in [2.24, 2.45) is 4.99 Å². The van der Waals surface area contributed by atoms with Gasteiger partial charge < -0.3 is 9.64 Å². The van der Waals surface area contributed by atoms with Crippen molar-refractivity contribution in [1.29, 1.82) is 0 Å². The van der Waals surface area contributed by atoms with E-state index in [1.807, 2.05) is 0 Å². The smallest absolute Gasteiger partial charge is 0.415 e. The van der Waals surface area contributed by atoms with Crippen molar-refractivity contribution >= 4 is 36.1 Å². The normalized spacial score (nSPS) is 24.1. The highest BCUT2D eigenvalue weighted by atomic mass is 19.4. The maximum Gasteiger partial charge on any atom is 0.415 e. The predicted molar refractivity (Wildman–Crippen MR) is 132 cm³/mol. The molecule has 6 amide bonds. The second-order valence-electron chi connectivity index (χ2n) is 10.0. The van der Waals surface area contributed by atoms with Crippen LogP contribution >= 0.6 is 0 Å². The van der Waals surface area contributed by atoms with E-state index in [2.05, 4.69) is 15.6 Å². The van der Waals surface area contributed by atoms with E-state index in [0.29, 0.717) is 16.0 Å². The van der Waals surface area contributed by atoms with Crippen LogP contribution in [0.15, 0.2) is 47.5 Å². The van der Waals surface area contributed by atoms with Gasteiger partial charge in [0.25, 0.3) is 5.91 Å². The zero-order chi connectivity index (χ0) is 29.7. The van der Waals surface area contributed by atoms with Crippen molar-refractivity contribution in [2.75, 3.05) is 0 Å². The molecule has 2 aromatic carbocycles. The molecule has 4 atom stereocenters. The van der Waals surface area contributed by atoms with Gasteiger partial charge in [-0.15, -0.1) is 0 Å². The Morgan fingerprint density at radius 1 is 1.12 bits per heavy atom. The average molecular weight is 574 g/mol. The molecule has 14 heteroatoms. The minimum Gasteiger partial charge on any atom is -0.427 e. The van der Waals surface area contributed by atoms with Crippen molar-refractivity contribution in [3.63, 3.8) is 0 Å². The maximum absolute atomic E-state index is 13.8. The van der Waals surface area contributed by atoms with Crippen LogP contribution in [0.1, 0.15) is 53.9 Å². The Morgan fingerprint density at radius 3 is 2.44 bits per heavy atom. The number of nitrogens with one attached hydrogen (secondary N) is 2. The molecule has 2 unspecified atom stereocenters. The van der Waals surface area contributed by atoms with Crippen LogP contribution in [0.4, 0.5) is 27.2 Å². The monoisotopic (exact) mass is 574 g/mol. The SMILES string of the molecule is C[C@H](N(Cc1ccc(F)cc1)C(=O)CC1C[C@@]2(OC(=O)NC2=O)c2ccc(C3C=NC(=O)NC3=O)cc21)C(F)(F)F.